The van der Waals surface area contributed by atoms with Gasteiger partial charge in [-0.15, -0.1) is 0 Å². The van der Waals surface area contributed by atoms with E-state index in [-0.39, 0.29) is 6.10 Å². The van der Waals surface area contributed by atoms with Crippen LogP contribution in [0.4, 0.5) is 0 Å². The van der Waals surface area contributed by atoms with E-state index in [0.717, 1.165) is 17.7 Å². The highest BCUT2D eigenvalue weighted by Gasteiger charge is 2.11. The lowest BCUT2D eigenvalue weighted by Gasteiger charge is -2.16. The van der Waals surface area contributed by atoms with Crippen LogP contribution in [0.2, 0.25) is 0 Å². The van der Waals surface area contributed by atoms with Crippen LogP contribution in [-0.4, -0.2) is 14.2 Å². The first kappa shape index (κ1) is 12.7. The van der Waals surface area contributed by atoms with E-state index in [4.69, 9.17) is 9.47 Å². The van der Waals surface area contributed by atoms with Crippen LogP contribution in [0.5, 0.6) is 5.75 Å². The second kappa shape index (κ2) is 6.22. The third kappa shape index (κ3) is 3.11. The molecule has 0 saturated carbocycles. The summed E-state index contributed by atoms with van der Waals surface area (Å²) in [7, 11) is 3.42. The van der Waals surface area contributed by atoms with Gasteiger partial charge in [0.1, 0.15) is 5.75 Å². The molecule has 1 unspecified atom stereocenters. The van der Waals surface area contributed by atoms with E-state index in [0.29, 0.717) is 0 Å². The molecular formula is C16H18O2. The van der Waals surface area contributed by atoms with Crippen molar-refractivity contribution in [1.82, 2.24) is 0 Å². The molecule has 2 heteroatoms. The highest BCUT2D eigenvalue weighted by atomic mass is 16.5. The topological polar surface area (TPSA) is 18.5 Å². The Hall–Kier alpha value is -1.80. The Morgan fingerprint density at radius 1 is 0.944 bits per heavy atom. The normalized spacial score (nSPS) is 12.1. The van der Waals surface area contributed by atoms with Gasteiger partial charge in [0.2, 0.25) is 0 Å². The summed E-state index contributed by atoms with van der Waals surface area (Å²) in [6.07, 6.45) is 0.923. The SMILES string of the molecule is COc1cccc(C(Cc2ccccc2)OC)c1. The second-order valence-corrected chi connectivity index (χ2v) is 4.19. The van der Waals surface area contributed by atoms with Gasteiger partial charge in [0.05, 0.1) is 13.2 Å². The maximum absolute atomic E-state index is 5.58. The predicted molar refractivity (Wildman–Crippen MR) is 72.9 cm³/mol. The maximum Gasteiger partial charge on any atom is 0.119 e. The summed E-state index contributed by atoms with van der Waals surface area (Å²) in [5, 5.41) is 0. The Labute approximate surface area is 108 Å². The Balaban J connectivity index is 2.17. The lowest BCUT2D eigenvalue weighted by Crippen LogP contribution is -2.05. The van der Waals surface area contributed by atoms with E-state index in [1.54, 1.807) is 14.2 Å². The molecule has 1 atom stereocenters. The molecule has 0 aromatic heterocycles. The summed E-state index contributed by atoms with van der Waals surface area (Å²) in [5.74, 6) is 0.864. The number of hydrogen-bond donors (Lipinski definition) is 0. The van der Waals surface area contributed by atoms with E-state index in [9.17, 15) is 0 Å². The summed E-state index contributed by atoms with van der Waals surface area (Å²) in [6.45, 7) is 0. The minimum atomic E-state index is 0.0579. The van der Waals surface area contributed by atoms with Gasteiger partial charge in [-0.3, -0.25) is 0 Å². The molecule has 2 aromatic carbocycles. The standard InChI is InChI=1S/C16H18O2/c1-17-15-10-6-9-14(12-15)16(18-2)11-13-7-4-3-5-8-13/h3-10,12,16H,11H2,1-2H3. The van der Waals surface area contributed by atoms with Crippen LogP contribution in [0.15, 0.2) is 54.6 Å². The van der Waals surface area contributed by atoms with Gasteiger partial charge in [0, 0.05) is 13.5 Å². The minimum absolute atomic E-state index is 0.0579. The quantitative estimate of drug-likeness (QED) is 0.797. The zero-order chi connectivity index (χ0) is 12.8. The number of ether oxygens (including phenoxy) is 2. The molecule has 0 N–H and O–H groups in total. The highest BCUT2D eigenvalue weighted by molar-refractivity contribution is 5.31. The van der Waals surface area contributed by atoms with Crippen molar-refractivity contribution in [2.45, 2.75) is 12.5 Å². The fourth-order valence-electron chi connectivity index (χ4n) is 2.01. The van der Waals surface area contributed by atoms with Crippen molar-refractivity contribution in [2.75, 3.05) is 14.2 Å². The number of hydrogen-bond acceptors (Lipinski definition) is 2. The predicted octanol–water partition coefficient (Wildman–Crippen LogP) is 3.63. The van der Waals surface area contributed by atoms with E-state index < -0.39 is 0 Å². The molecule has 2 aromatic rings. The Bertz CT molecular complexity index is 479. The third-order valence-electron chi connectivity index (χ3n) is 3.01. The maximum atomic E-state index is 5.58. The molecule has 2 rings (SSSR count). The van der Waals surface area contributed by atoms with E-state index >= 15 is 0 Å². The molecule has 0 amide bonds. The van der Waals surface area contributed by atoms with Gasteiger partial charge in [0.15, 0.2) is 0 Å². The van der Waals surface area contributed by atoms with E-state index in [1.807, 2.05) is 36.4 Å². The second-order valence-electron chi connectivity index (χ2n) is 4.19. The van der Waals surface area contributed by atoms with Crippen molar-refractivity contribution < 1.29 is 9.47 Å². The van der Waals surface area contributed by atoms with Crippen LogP contribution in [0.1, 0.15) is 17.2 Å². The average Bonchev–Trinajstić information content (AvgIpc) is 2.46. The van der Waals surface area contributed by atoms with Crippen molar-refractivity contribution in [1.29, 1.82) is 0 Å². The van der Waals surface area contributed by atoms with Crippen molar-refractivity contribution in [3.05, 3.63) is 65.7 Å². The minimum Gasteiger partial charge on any atom is -0.497 e. The van der Waals surface area contributed by atoms with Crippen LogP contribution in [0.25, 0.3) is 0 Å². The van der Waals surface area contributed by atoms with Gasteiger partial charge in [-0.1, -0.05) is 42.5 Å². The zero-order valence-electron chi connectivity index (χ0n) is 10.8. The van der Waals surface area contributed by atoms with E-state index in [1.165, 1.54) is 5.56 Å². The fraction of sp³-hybridized carbons (Fsp3) is 0.250. The van der Waals surface area contributed by atoms with Crippen LogP contribution >= 0.6 is 0 Å². The fourth-order valence-corrected chi connectivity index (χ4v) is 2.01. The average molecular weight is 242 g/mol. The van der Waals surface area contributed by atoms with Gasteiger partial charge >= 0.3 is 0 Å². The van der Waals surface area contributed by atoms with Gasteiger partial charge in [-0.05, 0) is 23.3 Å². The molecule has 0 aliphatic heterocycles. The van der Waals surface area contributed by atoms with Crippen LogP contribution in [0, 0.1) is 0 Å². The molecular weight excluding hydrogens is 224 g/mol. The first-order chi connectivity index (χ1) is 8.83. The molecule has 2 nitrogen and oxygen atoms in total. The van der Waals surface area contributed by atoms with Crippen LogP contribution in [0.3, 0.4) is 0 Å². The Kier molecular flexibility index (Phi) is 4.37. The monoisotopic (exact) mass is 242 g/mol. The highest BCUT2D eigenvalue weighted by Crippen LogP contribution is 2.24. The third-order valence-corrected chi connectivity index (χ3v) is 3.01. The molecule has 0 aliphatic carbocycles. The van der Waals surface area contributed by atoms with E-state index in [2.05, 4.69) is 18.2 Å². The van der Waals surface area contributed by atoms with Gasteiger partial charge < -0.3 is 9.47 Å². The van der Waals surface area contributed by atoms with Crippen molar-refractivity contribution in [2.24, 2.45) is 0 Å². The molecule has 18 heavy (non-hydrogen) atoms. The van der Waals surface area contributed by atoms with Crippen LogP contribution < -0.4 is 4.74 Å². The number of rotatable bonds is 5. The van der Waals surface area contributed by atoms with Crippen LogP contribution in [-0.2, 0) is 11.2 Å². The summed E-state index contributed by atoms with van der Waals surface area (Å²) in [4.78, 5) is 0. The molecule has 94 valence electrons. The molecule has 0 heterocycles. The largest absolute Gasteiger partial charge is 0.497 e. The molecule has 0 aliphatic rings. The summed E-state index contributed by atoms with van der Waals surface area (Å²) >= 11 is 0. The summed E-state index contributed by atoms with van der Waals surface area (Å²) in [5.41, 5.74) is 2.41. The Morgan fingerprint density at radius 2 is 1.72 bits per heavy atom. The van der Waals surface area contributed by atoms with Gasteiger partial charge in [-0.25, -0.2) is 0 Å². The summed E-state index contributed by atoms with van der Waals surface area (Å²) in [6, 6.07) is 18.4. The first-order valence-corrected chi connectivity index (χ1v) is 6.04. The first-order valence-electron chi connectivity index (χ1n) is 6.04. The number of methoxy groups -OCH3 is 2. The lowest BCUT2D eigenvalue weighted by molar-refractivity contribution is 0.103. The lowest BCUT2D eigenvalue weighted by atomic mass is 10.0. The number of benzene rings is 2. The van der Waals surface area contributed by atoms with Crippen molar-refractivity contribution in [3.8, 4) is 5.75 Å². The van der Waals surface area contributed by atoms with Crippen molar-refractivity contribution >= 4 is 0 Å². The molecule has 0 radical (unpaired) electrons. The zero-order valence-corrected chi connectivity index (χ0v) is 10.8. The summed E-state index contributed by atoms with van der Waals surface area (Å²) < 4.78 is 10.8. The van der Waals surface area contributed by atoms with Gasteiger partial charge in [0.25, 0.3) is 0 Å². The molecule has 0 spiro atoms. The van der Waals surface area contributed by atoms with Crippen molar-refractivity contribution in [3.63, 3.8) is 0 Å². The molecule has 0 fully saturated rings. The molecule has 0 bridgehead atoms. The van der Waals surface area contributed by atoms with Gasteiger partial charge in [-0.2, -0.15) is 0 Å². The molecule has 0 saturated heterocycles. The smallest absolute Gasteiger partial charge is 0.119 e. The Morgan fingerprint density at radius 3 is 2.39 bits per heavy atom.